The third kappa shape index (κ3) is 4.71. The highest BCUT2D eigenvalue weighted by atomic mass is 16.3. The van der Waals surface area contributed by atoms with Gasteiger partial charge in [-0.2, -0.15) is 0 Å². The molecule has 1 aliphatic heterocycles. The van der Waals surface area contributed by atoms with Gasteiger partial charge >= 0.3 is 0 Å². The molecule has 0 spiro atoms. The maximum absolute atomic E-state index is 9.67. The Kier molecular flexibility index (Phi) is 6.31. The van der Waals surface area contributed by atoms with Gasteiger partial charge in [0.1, 0.15) is 0 Å². The van der Waals surface area contributed by atoms with Crippen molar-refractivity contribution >= 4 is 0 Å². The van der Waals surface area contributed by atoms with E-state index in [2.05, 4.69) is 24.1 Å². The number of aliphatic hydroxyl groups is 1. The van der Waals surface area contributed by atoms with Gasteiger partial charge in [0.05, 0.1) is 6.10 Å². The Morgan fingerprint density at radius 2 is 1.80 bits per heavy atom. The molecule has 0 aromatic rings. The Morgan fingerprint density at radius 3 is 2.40 bits per heavy atom. The van der Waals surface area contributed by atoms with E-state index < -0.39 is 0 Å². The molecule has 118 valence electrons. The fourth-order valence-electron chi connectivity index (χ4n) is 3.85. The van der Waals surface area contributed by atoms with Crippen molar-refractivity contribution in [3.63, 3.8) is 0 Å². The number of hydrogen-bond donors (Lipinski definition) is 2. The van der Waals surface area contributed by atoms with Crippen molar-refractivity contribution in [3.05, 3.63) is 0 Å². The van der Waals surface area contributed by atoms with Crippen LogP contribution in [0.15, 0.2) is 0 Å². The van der Waals surface area contributed by atoms with Crippen LogP contribution in [0.3, 0.4) is 0 Å². The van der Waals surface area contributed by atoms with Gasteiger partial charge in [0.15, 0.2) is 0 Å². The summed E-state index contributed by atoms with van der Waals surface area (Å²) in [5.41, 5.74) is 0.490. The Morgan fingerprint density at radius 1 is 1.15 bits per heavy atom. The second-order valence-electron chi connectivity index (χ2n) is 7.37. The molecule has 1 heterocycles. The molecule has 0 bridgehead atoms. The predicted octanol–water partition coefficient (Wildman–Crippen LogP) is 2.64. The van der Waals surface area contributed by atoms with Crippen molar-refractivity contribution in [1.82, 2.24) is 10.2 Å². The summed E-state index contributed by atoms with van der Waals surface area (Å²) in [5.74, 6) is 0.914. The molecule has 2 aliphatic rings. The minimum atomic E-state index is -0.0493. The van der Waals surface area contributed by atoms with Gasteiger partial charge in [-0.1, -0.05) is 26.7 Å². The van der Waals surface area contributed by atoms with Gasteiger partial charge in [0.25, 0.3) is 0 Å². The zero-order chi connectivity index (χ0) is 14.4. The lowest BCUT2D eigenvalue weighted by Gasteiger charge is -2.44. The standard InChI is InChI=1S/C17H34N2O/c1-3-10-18-13-17(8-4-15(2)5-9-17)14-19-11-6-16(20)7-12-19/h15-16,18,20H,3-14H2,1-2H3. The normalized spacial score (nSPS) is 33.5. The molecule has 3 heteroatoms. The summed E-state index contributed by atoms with van der Waals surface area (Å²) in [7, 11) is 0. The average Bonchev–Trinajstić information content (AvgIpc) is 2.45. The van der Waals surface area contributed by atoms with Gasteiger partial charge in [0, 0.05) is 26.2 Å². The van der Waals surface area contributed by atoms with Crippen LogP contribution in [0.2, 0.25) is 0 Å². The van der Waals surface area contributed by atoms with Crippen molar-refractivity contribution in [2.45, 2.75) is 64.9 Å². The lowest BCUT2D eigenvalue weighted by Crippen LogP contribution is -2.48. The van der Waals surface area contributed by atoms with Crippen LogP contribution in [0.5, 0.6) is 0 Å². The summed E-state index contributed by atoms with van der Waals surface area (Å²) < 4.78 is 0. The van der Waals surface area contributed by atoms with Crippen LogP contribution in [0, 0.1) is 11.3 Å². The number of likely N-dealkylation sites (tertiary alicyclic amines) is 1. The Labute approximate surface area is 125 Å². The van der Waals surface area contributed by atoms with E-state index in [0.29, 0.717) is 5.41 Å². The SMILES string of the molecule is CCCNCC1(CN2CCC(O)CC2)CCC(C)CC1. The van der Waals surface area contributed by atoms with Gasteiger partial charge in [-0.3, -0.25) is 0 Å². The molecule has 1 saturated carbocycles. The summed E-state index contributed by atoms with van der Waals surface area (Å²) in [6, 6.07) is 0. The van der Waals surface area contributed by atoms with Crippen molar-refractivity contribution in [2.75, 3.05) is 32.7 Å². The van der Waals surface area contributed by atoms with E-state index in [1.807, 2.05) is 0 Å². The molecule has 3 nitrogen and oxygen atoms in total. The first-order valence-electron chi connectivity index (χ1n) is 8.75. The zero-order valence-electron chi connectivity index (χ0n) is 13.5. The van der Waals surface area contributed by atoms with E-state index in [1.165, 1.54) is 45.2 Å². The van der Waals surface area contributed by atoms with E-state index >= 15 is 0 Å². The van der Waals surface area contributed by atoms with Gasteiger partial charge in [0.2, 0.25) is 0 Å². The number of hydrogen-bond acceptors (Lipinski definition) is 3. The molecule has 2 fully saturated rings. The van der Waals surface area contributed by atoms with E-state index in [-0.39, 0.29) is 6.10 Å². The number of aliphatic hydroxyl groups excluding tert-OH is 1. The first-order valence-corrected chi connectivity index (χ1v) is 8.75. The van der Waals surface area contributed by atoms with Crippen LogP contribution in [0.25, 0.3) is 0 Å². The van der Waals surface area contributed by atoms with E-state index in [1.54, 1.807) is 0 Å². The molecule has 0 radical (unpaired) electrons. The Balaban J connectivity index is 1.88. The molecule has 0 amide bonds. The zero-order valence-corrected chi connectivity index (χ0v) is 13.5. The highest BCUT2D eigenvalue weighted by Crippen LogP contribution is 2.39. The minimum Gasteiger partial charge on any atom is -0.393 e. The lowest BCUT2D eigenvalue weighted by molar-refractivity contribution is 0.0371. The molecule has 0 unspecified atom stereocenters. The van der Waals surface area contributed by atoms with Crippen molar-refractivity contribution in [3.8, 4) is 0 Å². The molecular formula is C17H34N2O. The smallest absolute Gasteiger partial charge is 0.0564 e. The highest BCUT2D eigenvalue weighted by Gasteiger charge is 2.36. The highest BCUT2D eigenvalue weighted by molar-refractivity contribution is 4.90. The maximum Gasteiger partial charge on any atom is 0.0564 e. The number of rotatable bonds is 6. The van der Waals surface area contributed by atoms with E-state index in [9.17, 15) is 5.11 Å². The first kappa shape index (κ1) is 16.3. The lowest BCUT2D eigenvalue weighted by atomic mass is 9.70. The molecule has 0 aromatic heterocycles. The monoisotopic (exact) mass is 282 g/mol. The van der Waals surface area contributed by atoms with Gasteiger partial charge in [-0.05, 0) is 50.0 Å². The average molecular weight is 282 g/mol. The summed E-state index contributed by atoms with van der Waals surface area (Å²) in [5, 5.41) is 13.3. The third-order valence-corrected chi connectivity index (χ3v) is 5.38. The van der Waals surface area contributed by atoms with Crippen LogP contribution < -0.4 is 5.32 Å². The fraction of sp³-hybridized carbons (Fsp3) is 1.00. The topological polar surface area (TPSA) is 35.5 Å². The maximum atomic E-state index is 9.67. The fourth-order valence-corrected chi connectivity index (χ4v) is 3.85. The Hall–Kier alpha value is -0.120. The largest absolute Gasteiger partial charge is 0.393 e. The number of piperidine rings is 1. The van der Waals surface area contributed by atoms with Gasteiger partial charge in [-0.25, -0.2) is 0 Å². The predicted molar refractivity (Wildman–Crippen MR) is 84.9 cm³/mol. The molecule has 1 saturated heterocycles. The molecular weight excluding hydrogens is 248 g/mol. The second-order valence-corrected chi connectivity index (χ2v) is 7.37. The Bertz CT molecular complexity index is 266. The number of nitrogens with zero attached hydrogens (tertiary/aromatic N) is 1. The van der Waals surface area contributed by atoms with Gasteiger partial charge in [-0.15, -0.1) is 0 Å². The summed E-state index contributed by atoms with van der Waals surface area (Å²) in [6.07, 6.45) is 8.65. The second kappa shape index (κ2) is 7.77. The third-order valence-electron chi connectivity index (χ3n) is 5.38. The summed E-state index contributed by atoms with van der Waals surface area (Å²) in [6.45, 7) is 10.4. The quantitative estimate of drug-likeness (QED) is 0.735. The molecule has 20 heavy (non-hydrogen) atoms. The molecule has 2 N–H and O–H groups in total. The van der Waals surface area contributed by atoms with Crippen LogP contribution in [0.4, 0.5) is 0 Å². The van der Waals surface area contributed by atoms with E-state index in [0.717, 1.165) is 38.4 Å². The molecule has 0 atom stereocenters. The number of nitrogens with one attached hydrogen (secondary N) is 1. The molecule has 0 aromatic carbocycles. The molecule has 1 aliphatic carbocycles. The first-order chi connectivity index (χ1) is 9.63. The van der Waals surface area contributed by atoms with Crippen molar-refractivity contribution in [1.29, 1.82) is 0 Å². The summed E-state index contributed by atoms with van der Waals surface area (Å²) >= 11 is 0. The minimum absolute atomic E-state index is 0.0493. The van der Waals surface area contributed by atoms with Crippen molar-refractivity contribution < 1.29 is 5.11 Å². The van der Waals surface area contributed by atoms with E-state index in [4.69, 9.17) is 0 Å². The summed E-state index contributed by atoms with van der Waals surface area (Å²) in [4.78, 5) is 2.61. The van der Waals surface area contributed by atoms with Crippen LogP contribution >= 0.6 is 0 Å². The van der Waals surface area contributed by atoms with Crippen LogP contribution in [-0.2, 0) is 0 Å². The molecule has 2 rings (SSSR count). The van der Waals surface area contributed by atoms with Crippen LogP contribution in [-0.4, -0.2) is 48.8 Å². The van der Waals surface area contributed by atoms with Crippen LogP contribution in [0.1, 0.15) is 58.8 Å². The van der Waals surface area contributed by atoms with Crippen molar-refractivity contribution in [2.24, 2.45) is 11.3 Å². The van der Waals surface area contributed by atoms with Gasteiger partial charge < -0.3 is 15.3 Å².